The van der Waals surface area contributed by atoms with E-state index < -0.39 is 0 Å². The van der Waals surface area contributed by atoms with Gasteiger partial charge in [0.1, 0.15) is 5.75 Å². The molecule has 0 aliphatic carbocycles. The molecule has 0 aliphatic heterocycles. The fraction of sp³-hybridized carbons (Fsp3) is 0.167. The number of carbonyl (C=O) groups is 1. The van der Waals surface area contributed by atoms with Crippen LogP contribution in [0, 0.1) is 0 Å². The van der Waals surface area contributed by atoms with Gasteiger partial charge in [0.05, 0.1) is 17.8 Å². The van der Waals surface area contributed by atoms with Crippen LogP contribution in [-0.2, 0) is 6.42 Å². The fourth-order valence-electron chi connectivity index (χ4n) is 2.31. The number of rotatable bonds is 5. The Morgan fingerprint density at radius 2 is 2.17 bits per heavy atom. The van der Waals surface area contributed by atoms with E-state index in [9.17, 15) is 4.79 Å². The third-order valence-corrected chi connectivity index (χ3v) is 4.39. The maximum Gasteiger partial charge on any atom is 0.159 e. The van der Waals surface area contributed by atoms with Gasteiger partial charge in [0.15, 0.2) is 5.78 Å². The Morgan fingerprint density at radius 3 is 2.87 bits per heavy atom. The molecular formula is C18H16N2O2S. The second-order valence-electron chi connectivity index (χ2n) is 5.13. The predicted octanol–water partition coefficient (Wildman–Crippen LogP) is 4.01. The van der Waals surface area contributed by atoms with Crippen molar-refractivity contribution >= 4 is 17.1 Å². The van der Waals surface area contributed by atoms with Gasteiger partial charge in [0.2, 0.25) is 0 Å². The van der Waals surface area contributed by atoms with Gasteiger partial charge in [0, 0.05) is 40.9 Å². The van der Waals surface area contributed by atoms with Gasteiger partial charge in [-0.3, -0.25) is 9.78 Å². The lowest BCUT2D eigenvalue weighted by Crippen LogP contribution is -1.98. The van der Waals surface area contributed by atoms with Gasteiger partial charge >= 0.3 is 0 Å². The summed E-state index contributed by atoms with van der Waals surface area (Å²) in [4.78, 5) is 20.3. The third-order valence-electron chi connectivity index (χ3n) is 3.54. The van der Waals surface area contributed by atoms with Crippen LogP contribution in [0.2, 0.25) is 0 Å². The first-order valence-corrected chi connectivity index (χ1v) is 8.08. The smallest absolute Gasteiger partial charge is 0.159 e. The number of hydrogen-bond acceptors (Lipinski definition) is 5. The summed E-state index contributed by atoms with van der Waals surface area (Å²) in [6, 6.07) is 9.44. The Morgan fingerprint density at radius 1 is 1.30 bits per heavy atom. The van der Waals surface area contributed by atoms with Crippen LogP contribution in [-0.4, -0.2) is 22.9 Å². The van der Waals surface area contributed by atoms with Crippen LogP contribution in [0.5, 0.6) is 5.75 Å². The highest BCUT2D eigenvalue weighted by atomic mass is 32.1. The Labute approximate surface area is 138 Å². The normalized spacial score (nSPS) is 10.5. The van der Waals surface area contributed by atoms with Crippen molar-refractivity contribution in [2.75, 3.05) is 7.11 Å². The van der Waals surface area contributed by atoms with E-state index >= 15 is 0 Å². The highest BCUT2D eigenvalue weighted by Gasteiger charge is 2.11. The first-order valence-electron chi connectivity index (χ1n) is 7.20. The summed E-state index contributed by atoms with van der Waals surface area (Å²) in [6.07, 6.45) is 4.23. The topological polar surface area (TPSA) is 52.1 Å². The average Bonchev–Trinajstić information content (AvgIpc) is 3.04. The Hall–Kier alpha value is -2.53. The number of methoxy groups -OCH3 is 1. The number of Topliss-reactive ketones (excluding diaryl/α,β-unsaturated/α-hetero) is 1. The van der Waals surface area contributed by atoms with Crippen LogP contribution in [0.15, 0.2) is 48.1 Å². The van der Waals surface area contributed by atoms with E-state index in [-0.39, 0.29) is 5.78 Å². The standard InChI is InChI=1S/C18H16N2O2S/c1-12(21)13-5-6-14(17(8-13)22-2)9-18-20-16(11-23-18)15-4-3-7-19-10-15/h3-8,10-11H,9H2,1-2H3. The largest absolute Gasteiger partial charge is 0.496 e. The maximum atomic E-state index is 11.5. The first kappa shape index (κ1) is 15.4. The van der Waals surface area contributed by atoms with E-state index in [0.29, 0.717) is 12.0 Å². The molecule has 0 amide bonds. The lowest BCUT2D eigenvalue weighted by molar-refractivity contribution is 0.101. The Kier molecular flexibility index (Phi) is 4.48. The molecule has 4 nitrogen and oxygen atoms in total. The molecule has 2 heterocycles. The summed E-state index contributed by atoms with van der Waals surface area (Å²) in [7, 11) is 1.62. The van der Waals surface area contributed by atoms with Gasteiger partial charge < -0.3 is 4.74 Å². The van der Waals surface area contributed by atoms with E-state index in [4.69, 9.17) is 4.74 Å². The van der Waals surface area contributed by atoms with E-state index in [1.165, 1.54) is 0 Å². The van der Waals surface area contributed by atoms with Crippen molar-refractivity contribution in [1.82, 2.24) is 9.97 Å². The first-order chi connectivity index (χ1) is 11.2. The molecule has 0 spiro atoms. The fourth-order valence-corrected chi connectivity index (χ4v) is 3.14. The van der Waals surface area contributed by atoms with E-state index in [1.807, 2.05) is 29.6 Å². The molecule has 116 valence electrons. The van der Waals surface area contributed by atoms with Gasteiger partial charge in [-0.25, -0.2) is 4.98 Å². The summed E-state index contributed by atoms with van der Waals surface area (Å²) in [5, 5.41) is 3.03. The zero-order valence-electron chi connectivity index (χ0n) is 12.9. The van der Waals surface area contributed by atoms with Crippen LogP contribution >= 0.6 is 11.3 Å². The molecule has 2 aromatic heterocycles. The van der Waals surface area contributed by atoms with Crippen LogP contribution in [0.3, 0.4) is 0 Å². The number of aromatic nitrogens is 2. The molecule has 0 saturated carbocycles. The van der Waals surface area contributed by atoms with Crippen molar-refractivity contribution in [3.8, 4) is 17.0 Å². The molecule has 0 N–H and O–H groups in total. The molecule has 0 bridgehead atoms. The van der Waals surface area contributed by atoms with Crippen LogP contribution in [0.1, 0.15) is 27.9 Å². The summed E-state index contributed by atoms with van der Waals surface area (Å²) >= 11 is 1.61. The summed E-state index contributed by atoms with van der Waals surface area (Å²) < 4.78 is 5.41. The molecule has 0 radical (unpaired) electrons. The molecule has 0 aliphatic rings. The summed E-state index contributed by atoms with van der Waals surface area (Å²) in [5.41, 5.74) is 3.61. The summed E-state index contributed by atoms with van der Waals surface area (Å²) in [5.74, 6) is 0.749. The van der Waals surface area contributed by atoms with Crippen LogP contribution < -0.4 is 4.74 Å². The van der Waals surface area contributed by atoms with Gasteiger partial charge in [-0.2, -0.15) is 0 Å². The molecule has 5 heteroatoms. The number of ketones is 1. The van der Waals surface area contributed by atoms with E-state index in [2.05, 4.69) is 9.97 Å². The number of pyridine rings is 1. The SMILES string of the molecule is COc1cc(C(C)=O)ccc1Cc1nc(-c2cccnc2)cs1. The molecule has 0 atom stereocenters. The van der Waals surface area contributed by atoms with Crippen molar-refractivity contribution in [1.29, 1.82) is 0 Å². The third kappa shape index (κ3) is 3.46. The van der Waals surface area contributed by atoms with Crippen molar-refractivity contribution in [2.24, 2.45) is 0 Å². The highest BCUT2D eigenvalue weighted by molar-refractivity contribution is 7.10. The van der Waals surface area contributed by atoms with Crippen molar-refractivity contribution in [3.63, 3.8) is 0 Å². The second-order valence-corrected chi connectivity index (χ2v) is 6.07. The minimum atomic E-state index is 0.0305. The maximum absolute atomic E-state index is 11.5. The second kappa shape index (κ2) is 6.71. The van der Waals surface area contributed by atoms with E-state index in [1.54, 1.807) is 43.8 Å². The molecule has 0 unspecified atom stereocenters. The number of hydrogen-bond donors (Lipinski definition) is 0. The van der Waals surface area contributed by atoms with Crippen LogP contribution in [0.4, 0.5) is 0 Å². The van der Waals surface area contributed by atoms with Crippen molar-refractivity contribution in [2.45, 2.75) is 13.3 Å². The average molecular weight is 324 g/mol. The van der Waals surface area contributed by atoms with Crippen LogP contribution in [0.25, 0.3) is 11.3 Å². The van der Waals surface area contributed by atoms with Crippen molar-refractivity contribution < 1.29 is 9.53 Å². The van der Waals surface area contributed by atoms with Crippen molar-refractivity contribution in [3.05, 3.63) is 64.2 Å². The van der Waals surface area contributed by atoms with Gasteiger partial charge in [-0.15, -0.1) is 11.3 Å². The molecule has 3 aromatic rings. The highest BCUT2D eigenvalue weighted by Crippen LogP contribution is 2.27. The molecule has 0 fully saturated rings. The number of thiazole rings is 1. The quantitative estimate of drug-likeness (QED) is 0.666. The van der Waals surface area contributed by atoms with E-state index in [0.717, 1.165) is 27.6 Å². The minimum Gasteiger partial charge on any atom is -0.496 e. The Balaban J connectivity index is 1.85. The number of benzene rings is 1. The Bertz CT molecular complexity index is 828. The number of carbonyl (C=O) groups excluding carboxylic acids is 1. The number of nitrogens with zero attached hydrogens (tertiary/aromatic N) is 2. The zero-order chi connectivity index (χ0) is 16.2. The van der Waals surface area contributed by atoms with Gasteiger partial charge in [0.25, 0.3) is 0 Å². The lowest BCUT2D eigenvalue weighted by Gasteiger charge is -2.08. The molecule has 3 rings (SSSR count). The predicted molar refractivity (Wildman–Crippen MR) is 91.1 cm³/mol. The molecular weight excluding hydrogens is 308 g/mol. The van der Waals surface area contributed by atoms with Gasteiger partial charge in [-0.1, -0.05) is 12.1 Å². The number of ether oxygens (including phenoxy) is 1. The van der Waals surface area contributed by atoms with Gasteiger partial charge in [-0.05, 0) is 25.1 Å². The zero-order valence-corrected chi connectivity index (χ0v) is 13.8. The lowest BCUT2D eigenvalue weighted by atomic mass is 10.1. The molecule has 23 heavy (non-hydrogen) atoms. The molecule has 1 aromatic carbocycles. The molecule has 0 saturated heterocycles. The summed E-state index contributed by atoms with van der Waals surface area (Å²) in [6.45, 7) is 1.55. The monoisotopic (exact) mass is 324 g/mol. The minimum absolute atomic E-state index is 0.0305.